The molecule has 2 rings (SSSR count). The van der Waals surface area contributed by atoms with Gasteiger partial charge in [0.1, 0.15) is 5.60 Å². The maximum Gasteiger partial charge on any atom is 0.410 e. The molecule has 7 heteroatoms. The van der Waals surface area contributed by atoms with Crippen LogP contribution in [0.3, 0.4) is 0 Å². The van der Waals surface area contributed by atoms with Crippen molar-refractivity contribution < 1.29 is 19.4 Å². The number of ether oxygens (including phenoxy) is 1. The largest absolute Gasteiger partial charge is 0.481 e. The van der Waals surface area contributed by atoms with Crippen molar-refractivity contribution in [3.05, 3.63) is 29.0 Å². The van der Waals surface area contributed by atoms with Crippen LogP contribution in [0.15, 0.2) is 18.3 Å². The minimum absolute atomic E-state index is 0.264. The quantitative estimate of drug-likeness (QED) is 0.894. The van der Waals surface area contributed by atoms with Gasteiger partial charge in [-0.2, -0.15) is 0 Å². The monoisotopic (exact) mass is 340 g/mol. The Bertz CT molecular complexity index is 583. The number of carboxylic acids is 1. The number of carboxylic acid groups (broad SMARTS) is 1. The highest BCUT2D eigenvalue weighted by molar-refractivity contribution is 6.30. The fourth-order valence-corrected chi connectivity index (χ4v) is 2.76. The number of carbonyl (C=O) groups excluding carboxylic acids is 1. The molecule has 1 aromatic heterocycles. The first-order chi connectivity index (χ1) is 10.7. The SMILES string of the molecule is CC(C)(C)OC(=O)N1CC[C@@H](C(=O)O)[C@H](c2ccc(Cl)cn2)C1. The van der Waals surface area contributed by atoms with Gasteiger partial charge < -0.3 is 14.7 Å². The molecular weight excluding hydrogens is 320 g/mol. The van der Waals surface area contributed by atoms with E-state index >= 15 is 0 Å². The molecule has 2 heterocycles. The van der Waals surface area contributed by atoms with Gasteiger partial charge in [0.25, 0.3) is 0 Å². The third-order valence-electron chi connectivity index (χ3n) is 3.71. The Hall–Kier alpha value is -1.82. The Morgan fingerprint density at radius 2 is 2.09 bits per heavy atom. The molecule has 1 aliphatic heterocycles. The first-order valence-corrected chi connectivity index (χ1v) is 7.87. The van der Waals surface area contributed by atoms with Crippen molar-refractivity contribution in [2.45, 2.75) is 38.7 Å². The molecule has 2 atom stereocenters. The smallest absolute Gasteiger partial charge is 0.410 e. The molecule has 0 aromatic carbocycles. The molecule has 1 fully saturated rings. The third-order valence-corrected chi connectivity index (χ3v) is 3.94. The van der Waals surface area contributed by atoms with E-state index in [9.17, 15) is 14.7 Å². The molecular formula is C16H21ClN2O4. The van der Waals surface area contributed by atoms with Crippen molar-refractivity contribution in [1.29, 1.82) is 0 Å². The number of hydrogen-bond acceptors (Lipinski definition) is 4. The number of nitrogens with zero attached hydrogens (tertiary/aromatic N) is 2. The van der Waals surface area contributed by atoms with E-state index in [-0.39, 0.29) is 12.5 Å². The molecule has 0 spiro atoms. The maximum atomic E-state index is 12.2. The second-order valence-electron chi connectivity index (χ2n) is 6.67. The van der Waals surface area contributed by atoms with Crippen molar-refractivity contribution in [2.24, 2.45) is 5.92 Å². The van der Waals surface area contributed by atoms with Gasteiger partial charge in [-0.25, -0.2) is 4.79 Å². The lowest BCUT2D eigenvalue weighted by molar-refractivity contribution is -0.144. The predicted molar refractivity (Wildman–Crippen MR) is 85.5 cm³/mol. The van der Waals surface area contributed by atoms with Crippen LogP contribution in [0.25, 0.3) is 0 Å². The van der Waals surface area contributed by atoms with Crippen LogP contribution in [0, 0.1) is 5.92 Å². The lowest BCUT2D eigenvalue weighted by Gasteiger charge is -2.37. The van der Waals surface area contributed by atoms with Crippen LogP contribution in [0.5, 0.6) is 0 Å². The number of pyridine rings is 1. The normalized spacial score (nSPS) is 21.8. The van der Waals surface area contributed by atoms with Crippen molar-refractivity contribution in [1.82, 2.24) is 9.88 Å². The topological polar surface area (TPSA) is 79.7 Å². The fraction of sp³-hybridized carbons (Fsp3) is 0.562. The Morgan fingerprint density at radius 3 is 2.61 bits per heavy atom. The molecule has 0 saturated carbocycles. The van der Waals surface area contributed by atoms with E-state index < -0.39 is 23.6 Å². The molecule has 1 aliphatic rings. The number of halogens is 1. The molecule has 1 aromatic rings. The van der Waals surface area contributed by atoms with E-state index in [4.69, 9.17) is 16.3 Å². The van der Waals surface area contributed by atoms with Gasteiger partial charge in [-0.3, -0.25) is 9.78 Å². The minimum atomic E-state index is -0.879. The molecule has 0 bridgehead atoms. The number of aromatic nitrogens is 1. The molecule has 0 radical (unpaired) electrons. The van der Waals surface area contributed by atoms with Gasteiger partial charge in [0.2, 0.25) is 0 Å². The van der Waals surface area contributed by atoms with Gasteiger partial charge in [-0.1, -0.05) is 11.6 Å². The molecule has 1 amide bonds. The average molecular weight is 341 g/mol. The zero-order valence-electron chi connectivity index (χ0n) is 13.5. The first kappa shape index (κ1) is 17.5. The summed E-state index contributed by atoms with van der Waals surface area (Å²) in [6.45, 7) is 6.02. The van der Waals surface area contributed by atoms with Gasteiger partial charge in [0.05, 0.1) is 10.9 Å². The summed E-state index contributed by atoms with van der Waals surface area (Å²) in [7, 11) is 0. The number of hydrogen-bond donors (Lipinski definition) is 1. The summed E-state index contributed by atoms with van der Waals surface area (Å²) < 4.78 is 5.37. The average Bonchev–Trinajstić information content (AvgIpc) is 2.45. The first-order valence-electron chi connectivity index (χ1n) is 7.49. The van der Waals surface area contributed by atoms with E-state index in [1.165, 1.54) is 6.20 Å². The van der Waals surface area contributed by atoms with Crippen LogP contribution in [0.4, 0.5) is 4.79 Å². The van der Waals surface area contributed by atoms with Gasteiger partial charge >= 0.3 is 12.1 Å². The second-order valence-corrected chi connectivity index (χ2v) is 7.10. The van der Waals surface area contributed by atoms with E-state index in [1.807, 2.05) is 0 Å². The molecule has 0 aliphatic carbocycles. The standard InChI is InChI=1S/C16H21ClN2O4/c1-16(2,3)23-15(22)19-7-6-11(14(20)21)12(9-19)13-5-4-10(17)8-18-13/h4-5,8,11-12H,6-7,9H2,1-3H3,(H,20,21)/t11-,12-/m1/s1. The Labute approximate surface area is 140 Å². The van der Waals surface area contributed by atoms with Gasteiger partial charge in [-0.15, -0.1) is 0 Å². The highest BCUT2D eigenvalue weighted by atomic mass is 35.5. The summed E-state index contributed by atoms with van der Waals surface area (Å²) in [6.07, 6.45) is 1.42. The summed E-state index contributed by atoms with van der Waals surface area (Å²) in [5.41, 5.74) is 0.0319. The Kier molecular flexibility index (Phi) is 5.14. The fourth-order valence-electron chi connectivity index (χ4n) is 2.65. The van der Waals surface area contributed by atoms with Gasteiger partial charge in [0.15, 0.2) is 0 Å². The predicted octanol–water partition coefficient (Wildman–Crippen LogP) is 3.16. The van der Waals surface area contributed by atoms with Crippen molar-refractivity contribution in [3.8, 4) is 0 Å². The summed E-state index contributed by atoms with van der Waals surface area (Å²) in [5.74, 6) is -1.84. The summed E-state index contributed by atoms with van der Waals surface area (Å²) in [5, 5.41) is 9.93. The number of amides is 1. The van der Waals surface area contributed by atoms with Gasteiger partial charge in [-0.05, 0) is 39.3 Å². The molecule has 23 heavy (non-hydrogen) atoms. The van der Waals surface area contributed by atoms with Crippen LogP contribution >= 0.6 is 11.6 Å². The lowest BCUT2D eigenvalue weighted by Crippen LogP contribution is -2.46. The number of aliphatic carboxylic acids is 1. The summed E-state index contributed by atoms with van der Waals surface area (Å²) in [6, 6.07) is 3.39. The zero-order valence-corrected chi connectivity index (χ0v) is 14.2. The van der Waals surface area contributed by atoms with Crippen molar-refractivity contribution in [3.63, 3.8) is 0 Å². The maximum absolute atomic E-state index is 12.2. The van der Waals surface area contributed by atoms with Gasteiger partial charge in [0, 0.05) is 30.9 Å². The number of likely N-dealkylation sites (tertiary alicyclic amines) is 1. The van der Waals surface area contributed by atoms with Crippen LogP contribution in [0.2, 0.25) is 5.02 Å². The molecule has 6 nitrogen and oxygen atoms in total. The molecule has 0 unspecified atom stereocenters. The Morgan fingerprint density at radius 1 is 1.39 bits per heavy atom. The van der Waals surface area contributed by atoms with Crippen molar-refractivity contribution >= 4 is 23.7 Å². The third kappa shape index (κ3) is 4.58. The second kappa shape index (κ2) is 6.74. The van der Waals surface area contributed by atoms with Crippen LogP contribution in [-0.2, 0) is 9.53 Å². The van der Waals surface area contributed by atoms with E-state index in [0.29, 0.717) is 23.7 Å². The van der Waals surface area contributed by atoms with Crippen molar-refractivity contribution in [2.75, 3.05) is 13.1 Å². The zero-order chi connectivity index (χ0) is 17.2. The molecule has 126 valence electrons. The van der Waals surface area contributed by atoms with E-state index in [2.05, 4.69) is 4.98 Å². The van der Waals surface area contributed by atoms with Crippen LogP contribution in [0.1, 0.15) is 38.8 Å². The van der Waals surface area contributed by atoms with Crippen LogP contribution < -0.4 is 0 Å². The van der Waals surface area contributed by atoms with E-state index in [1.54, 1.807) is 37.8 Å². The highest BCUT2D eigenvalue weighted by Crippen LogP contribution is 2.32. The van der Waals surface area contributed by atoms with Crippen LogP contribution in [-0.4, -0.2) is 45.7 Å². The molecule has 1 saturated heterocycles. The summed E-state index contributed by atoms with van der Waals surface area (Å²) in [4.78, 5) is 29.5. The van der Waals surface area contributed by atoms with E-state index in [0.717, 1.165) is 0 Å². The number of piperidine rings is 1. The number of carbonyl (C=O) groups is 2. The minimum Gasteiger partial charge on any atom is -0.481 e. The molecule has 1 N–H and O–H groups in total. The highest BCUT2D eigenvalue weighted by Gasteiger charge is 2.38. The Balaban J connectivity index is 2.19. The number of rotatable bonds is 2. The summed E-state index contributed by atoms with van der Waals surface area (Å²) >= 11 is 5.84. The lowest BCUT2D eigenvalue weighted by atomic mass is 9.83.